The van der Waals surface area contributed by atoms with E-state index in [2.05, 4.69) is 5.32 Å². The summed E-state index contributed by atoms with van der Waals surface area (Å²) in [6, 6.07) is 11.8. The van der Waals surface area contributed by atoms with Crippen molar-refractivity contribution in [3.63, 3.8) is 0 Å². The number of hydrogen-bond acceptors (Lipinski definition) is 4. The Hall–Kier alpha value is -3.11. The average Bonchev–Trinajstić information content (AvgIpc) is 3.19. The van der Waals surface area contributed by atoms with Crippen molar-refractivity contribution in [2.75, 3.05) is 11.9 Å². The van der Waals surface area contributed by atoms with Gasteiger partial charge in [-0.3, -0.25) is 4.79 Å². The Morgan fingerprint density at radius 1 is 1.03 bits per heavy atom. The number of carbonyl (C=O) groups excluding carboxylic acids is 1. The van der Waals surface area contributed by atoms with Crippen LogP contribution in [0, 0.1) is 13.8 Å². The predicted octanol–water partition coefficient (Wildman–Crippen LogP) is 4.74. The molecule has 1 aromatic heterocycles. The number of amides is 1. The molecule has 0 spiro atoms. The fraction of sp³-hybridized carbons (Fsp3) is 0.227. The van der Waals surface area contributed by atoms with Crippen LogP contribution in [0.25, 0.3) is 0 Å². The first-order valence-electron chi connectivity index (χ1n) is 9.53. The number of anilines is 1. The van der Waals surface area contributed by atoms with Gasteiger partial charge in [0.2, 0.25) is 15.9 Å². The van der Waals surface area contributed by atoms with Crippen LogP contribution in [0.4, 0.5) is 18.9 Å². The van der Waals surface area contributed by atoms with Gasteiger partial charge in [-0.25, -0.2) is 8.42 Å². The molecule has 0 saturated heterocycles. The summed E-state index contributed by atoms with van der Waals surface area (Å²) in [6.07, 6.45) is -3.38. The SMILES string of the molecule is Cc1cc(C)cc(NC(=O)CN(Cc2ccco2)S(=O)(=O)c2cccc(C(F)(F)F)c2)c1. The molecular formula is C22H21F3N2O4S. The zero-order valence-corrected chi connectivity index (χ0v) is 18.1. The topological polar surface area (TPSA) is 79.6 Å². The average molecular weight is 466 g/mol. The number of nitrogens with zero attached hydrogens (tertiary/aromatic N) is 1. The van der Waals surface area contributed by atoms with Crippen molar-refractivity contribution in [2.24, 2.45) is 0 Å². The quantitative estimate of drug-likeness (QED) is 0.545. The molecule has 0 unspecified atom stereocenters. The van der Waals surface area contributed by atoms with Gasteiger partial charge in [0.25, 0.3) is 0 Å². The highest BCUT2D eigenvalue weighted by Gasteiger charge is 2.34. The molecule has 0 aliphatic rings. The van der Waals surface area contributed by atoms with Crippen LogP contribution in [0.1, 0.15) is 22.5 Å². The summed E-state index contributed by atoms with van der Waals surface area (Å²) in [5, 5.41) is 2.64. The van der Waals surface area contributed by atoms with Crippen molar-refractivity contribution >= 4 is 21.6 Å². The maximum Gasteiger partial charge on any atom is 0.416 e. The van der Waals surface area contributed by atoms with Crippen molar-refractivity contribution in [1.29, 1.82) is 0 Å². The van der Waals surface area contributed by atoms with Crippen LogP contribution in [-0.2, 0) is 27.5 Å². The van der Waals surface area contributed by atoms with Gasteiger partial charge >= 0.3 is 6.18 Å². The van der Waals surface area contributed by atoms with Crippen molar-refractivity contribution in [3.8, 4) is 0 Å². The molecule has 6 nitrogen and oxygen atoms in total. The third-order valence-electron chi connectivity index (χ3n) is 4.54. The van der Waals surface area contributed by atoms with Crippen LogP contribution in [0.3, 0.4) is 0 Å². The smallest absolute Gasteiger partial charge is 0.416 e. The number of furan rings is 1. The van der Waals surface area contributed by atoms with E-state index in [-0.39, 0.29) is 12.3 Å². The van der Waals surface area contributed by atoms with Crippen molar-refractivity contribution in [3.05, 3.63) is 83.3 Å². The van der Waals surface area contributed by atoms with E-state index in [1.165, 1.54) is 12.3 Å². The minimum absolute atomic E-state index is 0.236. The Labute approximate surface area is 183 Å². The highest BCUT2D eigenvalue weighted by atomic mass is 32.2. The summed E-state index contributed by atoms with van der Waals surface area (Å²) in [6.45, 7) is 2.76. The van der Waals surface area contributed by atoms with E-state index in [0.717, 1.165) is 33.6 Å². The van der Waals surface area contributed by atoms with E-state index in [0.29, 0.717) is 11.8 Å². The second-order valence-corrected chi connectivity index (χ2v) is 9.24. The Balaban J connectivity index is 1.90. The second kappa shape index (κ2) is 9.17. The predicted molar refractivity (Wildman–Crippen MR) is 112 cm³/mol. The van der Waals surface area contributed by atoms with E-state index in [4.69, 9.17) is 4.42 Å². The van der Waals surface area contributed by atoms with Gasteiger partial charge in [-0.1, -0.05) is 12.1 Å². The molecule has 3 aromatic rings. The van der Waals surface area contributed by atoms with E-state index in [1.807, 2.05) is 19.9 Å². The molecule has 0 fully saturated rings. The van der Waals surface area contributed by atoms with Crippen molar-refractivity contribution in [1.82, 2.24) is 4.31 Å². The zero-order valence-electron chi connectivity index (χ0n) is 17.3. The minimum atomic E-state index is -4.71. The van der Waals surface area contributed by atoms with Gasteiger partial charge in [-0.2, -0.15) is 17.5 Å². The summed E-state index contributed by atoms with van der Waals surface area (Å²) in [7, 11) is -4.45. The zero-order chi connectivity index (χ0) is 23.5. The number of rotatable bonds is 7. The molecule has 0 aliphatic carbocycles. The van der Waals surface area contributed by atoms with Gasteiger partial charge < -0.3 is 9.73 Å². The Bertz CT molecular complexity index is 1190. The van der Waals surface area contributed by atoms with Crippen molar-refractivity contribution in [2.45, 2.75) is 31.5 Å². The summed E-state index contributed by atoms with van der Waals surface area (Å²) in [5.41, 5.74) is 1.20. The Kier molecular flexibility index (Phi) is 6.75. The number of aryl methyl sites for hydroxylation is 2. The first kappa shape index (κ1) is 23.6. The lowest BCUT2D eigenvalue weighted by molar-refractivity contribution is -0.137. The second-order valence-electron chi connectivity index (χ2n) is 7.30. The number of carbonyl (C=O) groups is 1. The summed E-state index contributed by atoms with van der Waals surface area (Å²) in [5.74, 6) is -0.406. The van der Waals surface area contributed by atoms with Crippen LogP contribution < -0.4 is 5.32 Å². The fourth-order valence-corrected chi connectivity index (χ4v) is 4.60. The molecule has 0 bridgehead atoms. The Morgan fingerprint density at radius 3 is 2.31 bits per heavy atom. The van der Waals surface area contributed by atoms with Crippen LogP contribution >= 0.6 is 0 Å². The number of nitrogens with one attached hydrogen (secondary N) is 1. The molecule has 32 heavy (non-hydrogen) atoms. The monoisotopic (exact) mass is 466 g/mol. The summed E-state index contributed by atoms with van der Waals surface area (Å²) < 4.78 is 71.6. The molecule has 0 saturated carbocycles. The lowest BCUT2D eigenvalue weighted by Gasteiger charge is -2.21. The molecule has 0 radical (unpaired) electrons. The van der Waals surface area contributed by atoms with E-state index in [1.54, 1.807) is 18.2 Å². The number of benzene rings is 2. The summed E-state index contributed by atoms with van der Waals surface area (Å²) in [4.78, 5) is 12.1. The highest BCUT2D eigenvalue weighted by Crippen LogP contribution is 2.31. The van der Waals surface area contributed by atoms with Crippen LogP contribution in [-0.4, -0.2) is 25.2 Å². The van der Waals surface area contributed by atoms with Crippen LogP contribution in [0.15, 0.2) is 70.2 Å². The molecule has 1 N–H and O–H groups in total. The number of alkyl halides is 3. The maximum atomic E-state index is 13.2. The van der Waals surface area contributed by atoms with Crippen molar-refractivity contribution < 1.29 is 30.8 Å². The van der Waals surface area contributed by atoms with Gasteiger partial charge in [-0.15, -0.1) is 0 Å². The third kappa shape index (κ3) is 5.77. The van der Waals surface area contributed by atoms with E-state index < -0.39 is 39.1 Å². The normalized spacial score (nSPS) is 12.2. The molecule has 1 heterocycles. The number of sulfonamides is 1. The van der Waals surface area contributed by atoms with Crippen LogP contribution in [0.5, 0.6) is 0 Å². The largest absolute Gasteiger partial charge is 0.468 e. The minimum Gasteiger partial charge on any atom is -0.468 e. The molecule has 10 heteroatoms. The molecule has 1 amide bonds. The fourth-order valence-electron chi connectivity index (χ4n) is 3.19. The van der Waals surface area contributed by atoms with Gasteiger partial charge in [0.05, 0.1) is 29.8 Å². The molecular weight excluding hydrogens is 445 g/mol. The van der Waals surface area contributed by atoms with Gasteiger partial charge in [0.15, 0.2) is 0 Å². The lowest BCUT2D eigenvalue weighted by atomic mass is 10.1. The molecule has 2 aromatic carbocycles. The Morgan fingerprint density at radius 2 is 1.72 bits per heavy atom. The van der Waals surface area contributed by atoms with E-state index in [9.17, 15) is 26.4 Å². The first-order chi connectivity index (χ1) is 14.9. The van der Waals surface area contributed by atoms with Gasteiger partial charge in [-0.05, 0) is 67.4 Å². The molecule has 3 rings (SSSR count). The molecule has 0 aliphatic heterocycles. The lowest BCUT2D eigenvalue weighted by Crippen LogP contribution is -2.37. The number of hydrogen-bond donors (Lipinski definition) is 1. The molecule has 0 atom stereocenters. The van der Waals surface area contributed by atoms with Gasteiger partial charge in [0.1, 0.15) is 5.76 Å². The highest BCUT2D eigenvalue weighted by molar-refractivity contribution is 7.89. The van der Waals surface area contributed by atoms with E-state index >= 15 is 0 Å². The standard InChI is InChI=1S/C22H21F3N2O4S/c1-15-9-16(2)11-18(10-15)26-21(28)14-27(13-19-6-4-8-31-19)32(29,30)20-7-3-5-17(12-20)22(23,24)25/h3-12H,13-14H2,1-2H3,(H,26,28). The first-order valence-corrected chi connectivity index (χ1v) is 11.0. The molecule has 170 valence electrons. The van der Waals surface area contributed by atoms with Gasteiger partial charge in [0, 0.05) is 5.69 Å². The maximum absolute atomic E-state index is 13.2. The van der Waals surface area contributed by atoms with Crippen LogP contribution in [0.2, 0.25) is 0 Å². The number of halogens is 3. The summed E-state index contributed by atoms with van der Waals surface area (Å²) >= 11 is 0. The third-order valence-corrected chi connectivity index (χ3v) is 6.32.